The lowest BCUT2D eigenvalue weighted by Gasteiger charge is -2.24. The van der Waals surface area contributed by atoms with E-state index in [0.29, 0.717) is 12.2 Å². The summed E-state index contributed by atoms with van der Waals surface area (Å²) in [5, 5.41) is 1.99. The van der Waals surface area contributed by atoms with Gasteiger partial charge in [-0.1, -0.05) is 54.6 Å². The number of aromatic nitrogens is 1. The Labute approximate surface area is 163 Å². The second kappa shape index (κ2) is 8.21. The zero-order valence-electron chi connectivity index (χ0n) is 15.6. The van der Waals surface area contributed by atoms with Gasteiger partial charge in [-0.3, -0.25) is 14.6 Å². The molecule has 1 fully saturated rings. The monoisotopic (exact) mass is 374 g/mol. The molecular weight excluding hydrogens is 352 g/mol. The molecule has 1 aromatic heterocycles. The summed E-state index contributed by atoms with van der Waals surface area (Å²) in [6, 6.07) is 19.1. The number of benzene rings is 2. The minimum absolute atomic E-state index is 0.121. The molecule has 0 spiro atoms. The third kappa shape index (κ3) is 4.03. The van der Waals surface area contributed by atoms with Gasteiger partial charge in [0.1, 0.15) is 12.3 Å². The molecule has 2 heterocycles. The van der Waals surface area contributed by atoms with Crippen LogP contribution in [0.3, 0.4) is 0 Å². The van der Waals surface area contributed by atoms with Crippen molar-refractivity contribution in [2.24, 2.45) is 0 Å². The topological polar surface area (TPSA) is 59.5 Å². The van der Waals surface area contributed by atoms with Crippen molar-refractivity contribution >= 4 is 22.6 Å². The Morgan fingerprint density at radius 1 is 1.04 bits per heavy atom. The number of hydrogen-bond donors (Lipinski definition) is 0. The van der Waals surface area contributed by atoms with Crippen molar-refractivity contribution in [2.75, 3.05) is 6.54 Å². The summed E-state index contributed by atoms with van der Waals surface area (Å²) >= 11 is 0. The van der Waals surface area contributed by atoms with E-state index in [9.17, 15) is 9.59 Å². The minimum atomic E-state index is -0.278. The molecule has 2 aromatic carbocycles. The lowest BCUT2D eigenvalue weighted by Crippen LogP contribution is -2.37. The first-order valence-electron chi connectivity index (χ1n) is 9.56. The van der Waals surface area contributed by atoms with Gasteiger partial charge in [-0.15, -0.1) is 0 Å². The van der Waals surface area contributed by atoms with Crippen molar-refractivity contribution in [2.45, 2.75) is 31.9 Å². The lowest BCUT2D eigenvalue weighted by molar-refractivity contribution is -0.145. The highest BCUT2D eigenvalue weighted by atomic mass is 16.5. The molecule has 5 heteroatoms. The summed E-state index contributed by atoms with van der Waals surface area (Å²) < 4.78 is 5.39. The average Bonchev–Trinajstić information content (AvgIpc) is 3.20. The van der Waals surface area contributed by atoms with Crippen molar-refractivity contribution in [3.8, 4) is 0 Å². The van der Waals surface area contributed by atoms with Crippen LogP contribution < -0.4 is 0 Å². The third-order valence-electron chi connectivity index (χ3n) is 5.13. The second-order valence-electron chi connectivity index (χ2n) is 7.06. The highest BCUT2D eigenvalue weighted by Gasteiger charge is 2.32. The maximum absolute atomic E-state index is 13.0. The Balaban J connectivity index is 1.40. The van der Waals surface area contributed by atoms with Crippen molar-refractivity contribution in [3.63, 3.8) is 0 Å². The van der Waals surface area contributed by atoms with Gasteiger partial charge in [0.25, 0.3) is 5.91 Å². The van der Waals surface area contributed by atoms with Crippen LogP contribution in [0.25, 0.3) is 10.8 Å². The average molecular weight is 374 g/mol. The number of ether oxygens (including phenoxy) is 1. The number of carbonyl (C=O) groups excluding carboxylic acids is 2. The molecule has 0 N–H and O–H groups in total. The number of nitrogens with zero attached hydrogens (tertiary/aromatic N) is 2. The molecule has 1 saturated heterocycles. The zero-order valence-corrected chi connectivity index (χ0v) is 15.6. The van der Waals surface area contributed by atoms with E-state index >= 15 is 0 Å². The van der Waals surface area contributed by atoms with Crippen LogP contribution in [0.15, 0.2) is 66.9 Å². The van der Waals surface area contributed by atoms with Gasteiger partial charge in [-0.05, 0) is 29.9 Å². The number of hydrogen-bond acceptors (Lipinski definition) is 4. The van der Waals surface area contributed by atoms with Crippen LogP contribution in [-0.2, 0) is 16.1 Å². The molecule has 0 bridgehead atoms. The maximum atomic E-state index is 13.0. The first-order chi connectivity index (χ1) is 13.7. The van der Waals surface area contributed by atoms with E-state index in [0.717, 1.165) is 29.2 Å². The molecule has 4 rings (SSSR count). The van der Waals surface area contributed by atoms with Crippen molar-refractivity contribution in [3.05, 3.63) is 78.1 Å². The first kappa shape index (κ1) is 18.2. The zero-order chi connectivity index (χ0) is 19.3. The van der Waals surface area contributed by atoms with Gasteiger partial charge in [0.2, 0.25) is 0 Å². The molecule has 0 saturated carbocycles. The summed E-state index contributed by atoms with van der Waals surface area (Å²) in [7, 11) is 0. The first-order valence-corrected chi connectivity index (χ1v) is 9.56. The van der Waals surface area contributed by atoms with E-state index in [4.69, 9.17) is 4.74 Å². The second-order valence-corrected chi connectivity index (χ2v) is 7.06. The normalized spacial score (nSPS) is 16.3. The van der Waals surface area contributed by atoms with Crippen molar-refractivity contribution in [1.29, 1.82) is 0 Å². The van der Waals surface area contributed by atoms with Crippen molar-refractivity contribution in [1.82, 2.24) is 9.88 Å². The van der Waals surface area contributed by atoms with Crippen LogP contribution in [0, 0.1) is 0 Å². The van der Waals surface area contributed by atoms with Gasteiger partial charge in [0.15, 0.2) is 0 Å². The fourth-order valence-electron chi connectivity index (χ4n) is 3.65. The third-order valence-corrected chi connectivity index (χ3v) is 5.13. The van der Waals surface area contributed by atoms with Crippen LogP contribution in [0.4, 0.5) is 0 Å². The molecule has 0 aliphatic carbocycles. The molecular formula is C23H22N2O3. The number of amides is 1. The Bertz CT molecular complexity index is 987. The van der Waals surface area contributed by atoms with Gasteiger partial charge < -0.3 is 9.64 Å². The van der Waals surface area contributed by atoms with Crippen LogP contribution >= 0.6 is 0 Å². The summed E-state index contributed by atoms with van der Waals surface area (Å²) in [5.41, 5.74) is 1.37. The van der Waals surface area contributed by atoms with E-state index in [1.54, 1.807) is 11.1 Å². The standard InChI is InChI=1S/C23H22N2O3/c26-22(28-16-17-7-2-1-3-8-17)14-20-11-6-12-25(20)23(27)21-13-18-9-4-5-10-19(18)15-24-21/h1-5,7-10,13,15,20H,6,11-12,14,16H2/t20-/m0/s1. The smallest absolute Gasteiger partial charge is 0.308 e. The lowest BCUT2D eigenvalue weighted by atomic mass is 10.1. The van der Waals surface area contributed by atoms with E-state index in [1.165, 1.54) is 0 Å². The fraction of sp³-hybridized carbons (Fsp3) is 0.261. The Morgan fingerprint density at radius 2 is 1.79 bits per heavy atom. The minimum Gasteiger partial charge on any atom is -0.461 e. The number of carbonyl (C=O) groups is 2. The summed E-state index contributed by atoms with van der Waals surface area (Å²) in [5.74, 6) is -0.399. The molecule has 1 aliphatic heterocycles. The Kier molecular flexibility index (Phi) is 5.33. The number of esters is 1. The van der Waals surface area contributed by atoms with E-state index in [1.807, 2.05) is 60.7 Å². The summed E-state index contributed by atoms with van der Waals surface area (Å²) in [6.45, 7) is 0.899. The predicted molar refractivity (Wildman–Crippen MR) is 107 cm³/mol. The van der Waals surface area contributed by atoms with Gasteiger partial charge in [-0.25, -0.2) is 0 Å². The molecule has 1 atom stereocenters. The summed E-state index contributed by atoms with van der Waals surface area (Å²) in [4.78, 5) is 31.3. The van der Waals surface area contributed by atoms with E-state index < -0.39 is 0 Å². The van der Waals surface area contributed by atoms with E-state index in [-0.39, 0.29) is 30.9 Å². The Hall–Kier alpha value is -3.21. The van der Waals surface area contributed by atoms with Gasteiger partial charge in [0, 0.05) is 24.2 Å². The number of likely N-dealkylation sites (tertiary alicyclic amines) is 1. The highest BCUT2D eigenvalue weighted by Crippen LogP contribution is 2.24. The molecule has 3 aromatic rings. The van der Waals surface area contributed by atoms with Gasteiger partial charge in [-0.2, -0.15) is 0 Å². The van der Waals surface area contributed by atoms with Crippen LogP contribution in [0.5, 0.6) is 0 Å². The van der Waals surface area contributed by atoms with Gasteiger partial charge in [0.05, 0.1) is 6.42 Å². The maximum Gasteiger partial charge on any atom is 0.308 e. The fourth-order valence-corrected chi connectivity index (χ4v) is 3.65. The van der Waals surface area contributed by atoms with Crippen LogP contribution in [-0.4, -0.2) is 34.3 Å². The van der Waals surface area contributed by atoms with Gasteiger partial charge >= 0.3 is 5.97 Å². The number of fused-ring (bicyclic) bond motifs is 1. The molecule has 142 valence electrons. The molecule has 5 nitrogen and oxygen atoms in total. The molecule has 28 heavy (non-hydrogen) atoms. The van der Waals surface area contributed by atoms with Crippen LogP contribution in [0.2, 0.25) is 0 Å². The Morgan fingerprint density at radius 3 is 2.61 bits per heavy atom. The van der Waals surface area contributed by atoms with Crippen molar-refractivity contribution < 1.29 is 14.3 Å². The highest BCUT2D eigenvalue weighted by molar-refractivity contribution is 5.96. The van der Waals surface area contributed by atoms with Crippen LogP contribution in [0.1, 0.15) is 35.3 Å². The predicted octanol–water partition coefficient (Wildman–Crippen LogP) is 3.97. The molecule has 1 aliphatic rings. The quantitative estimate of drug-likeness (QED) is 0.634. The SMILES string of the molecule is O=C(C[C@@H]1CCCN1C(=O)c1cc2ccccc2cn1)OCc1ccccc1. The molecule has 1 amide bonds. The number of pyridine rings is 1. The molecule has 0 unspecified atom stereocenters. The van der Waals surface area contributed by atoms with E-state index in [2.05, 4.69) is 4.98 Å². The largest absolute Gasteiger partial charge is 0.461 e. The number of rotatable bonds is 5. The summed E-state index contributed by atoms with van der Waals surface area (Å²) in [6.07, 6.45) is 3.63. The molecule has 0 radical (unpaired) electrons.